The molecule has 104 valence electrons. The second-order valence-electron chi connectivity index (χ2n) is 6.17. The second kappa shape index (κ2) is 5.54. The highest BCUT2D eigenvalue weighted by Crippen LogP contribution is 2.34. The van der Waals surface area contributed by atoms with Crippen LogP contribution in [-0.4, -0.2) is 6.10 Å². The first-order chi connectivity index (χ1) is 9.26. The molecule has 2 N–H and O–H groups in total. The minimum Gasteiger partial charge on any atom is -0.490 e. The maximum atomic E-state index is 6.17. The Balaban J connectivity index is 1.62. The molecule has 1 aromatic rings. The molecular weight excluding hydrogens is 234 g/mol. The fourth-order valence-corrected chi connectivity index (χ4v) is 3.55. The second-order valence-corrected chi connectivity index (χ2v) is 6.17. The van der Waals surface area contributed by atoms with Crippen molar-refractivity contribution in [3.63, 3.8) is 0 Å². The van der Waals surface area contributed by atoms with Gasteiger partial charge in [0, 0.05) is 6.04 Å². The third-order valence-electron chi connectivity index (χ3n) is 4.91. The van der Waals surface area contributed by atoms with Gasteiger partial charge in [0.05, 0.1) is 6.10 Å². The summed E-state index contributed by atoms with van der Waals surface area (Å²) in [4.78, 5) is 0. The third kappa shape index (κ3) is 2.79. The van der Waals surface area contributed by atoms with E-state index < -0.39 is 0 Å². The topological polar surface area (TPSA) is 35.2 Å². The molecule has 2 heteroatoms. The molecule has 1 saturated carbocycles. The largest absolute Gasteiger partial charge is 0.490 e. The van der Waals surface area contributed by atoms with Crippen LogP contribution in [-0.2, 0) is 6.42 Å². The van der Waals surface area contributed by atoms with Crippen LogP contribution < -0.4 is 10.5 Å². The summed E-state index contributed by atoms with van der Waals surface area (Å²) < 4.78 is 6.17. The molecule has 1 atom stereocenters. The lowest BCUT2D eigenvalue weighted by Crippen LogP contribution is -2.23. The van der Waals surface area contributed by atoms with Crippen LogP contribution in [0.15, 0.2) is 18.2 Å². The van der Waals surface area contributed by atoms with Gasteiger partial charge in [-0.1, -0.05) is 19.4 Å². The number of nitrogens with two attached hydrogens (primary N) is 1. The predicted molar refractivity (Wildman–Crippen MR) is 78.4 cm³/mol. The van der Waals surface area contributed by atoms with Crippen LogP contribution in [0.2, 0.25) is 0 Å². The van der Waals surface area contributed by atoms with Crippen molar-refractivity contribution >= 4 is 0 Å². The molecule has 2 nitrogen and oxygen atoms in total. The fraction of sp³-hybridized carbons (Fsp3) is 0.647. The molecule has 3 rings (SSSR count). The van der Waals surface area contributed by atoms with Crippen molar-refractivity contribution in [1.29, 1.82) is 0 Å². The average molecular weight is 259 g/mol. The normalized spacial score (nSPS) is 30.1. The van der Waals surface area contributed by atoms with Crippen LogP contribution in [0.25, 0.3) is 0 Å². The number of ether oxygens (including phenoxy) is 1. The Bertz CT molecular complexity index is 435. The van der Waals surface area contributed by atoms with Crippen molar-refractivity contribution in [3.05, 3.63) is 29.3 Å². The Morgan fingerprint density at radius 1 is 1.16 bits per heavy atom. The maximum absolute atomic E-state index is 6.17. The van der Waals surface area contributed by atoms with Crippen LogP contribution in [0, 0.1) is 5.92 Å². The molecule has 0 bridgehead atoms. The molecule has 0 saturated heterocycles. The molecule has 0 aromatic heterocycles. The molecule has 0 unspecified atom stereocenters. The van der Waals surface area contributed by atoms with Crippen LogP contribution in [0.5, 0.6) is 5.75 Å². The smallest absolute Gasteiger partial charge is 0.120 e. The lowest BCUT2D eigenvalue weighted by molar-refractivity contribution is 0.130. The Morgan fingerprint density at radius 3 is 2.68 bits per heavy atom. The summed E-state index contributed by atoms with van der Waals surface area (Å²) in [5, 5.41) is 0. The highest BCUT2D eigenvalue weighted by Gasteiger charge is 2.23. The van der Waals surface area contributed by atoms with E-state index in [1.54, 1.807) is 0 Å². The Morgan fingerprint density at radius 2 is 1.95 bits per heavy atom. The number of aryl methyl sites for hydroxylation is 1. The van der Waals surface area contributed by atoms with Gasteiger partial charge in [0.25, 0.3) is 0 Å². The van der Waals surface area contributed by atoms with Crippen LogP contribution >= 0.6 is 0 Å². The summed E-state index contributed by atoms with van der Waals surface area (Å²) in [5.74, 6) is 1.98. The minimum absolute atomic E-state index is 0.240. The van der Waals surface area contributed by atoms with Crippen molar-refractivity contribution in [2.24, 2.45) is 11.7 Å². The quantitative estimate of drug-likeness (QED) is 0.891. The van der Waals surface area contributed by atoms with E-state index >= 15 is 0 Å². The Labute approximate surface area is 116 Å². The van der Waals surface area contributed by atoms with Gasteiger partial charge in [-0.05, 0) is 67.7 Å². The van der Waals surface area contributed by atoms with Gasteiger partial charge in [0.1, 0.15) is 5.75 Å². The van der Waals surface area contributed by atoms with Crippen LogP contribution in [0.3, 0.4) is 0 Å². The number of fused-ring (bicyclic) bond motifs is 1. The minimum atomic E-state index is 0.240. The summed E-state index contributed by atoms with van der Waals surface area (Å²) in [7, 11) is 0. The van der Waals surface area contributed by atoms with Crippen molar-refractivity contribution in [2.75, 3.05) is 0 Å². The van der Waals surface area contributed by atoms with E-state index in [1.165, 1.54) is 43.2 Å². The molecule has 0 spiro atoms. The van der Waals surface area contributed by atoms with Crippen molar-refractivity contribution in [3.8, 4) is 5.75 Å². The summed E-state index contributed by atoms with van der Waals surface area (Å²) >= 11 is 0. The van der Waals surface area contributed by atoms with E-state index in [0.29, 0.717) is 6.10 Å². The summed E-state index contributed by atoms with van der Waals surface area (Å²) in [6.07, 6.45) is 9.04. The Kier molecular flexibility index (Phi) is 3.79. The molecule has 2 aliphatic carbocycles. The molecule has 0 aliphatic heterocycles. The van der Waals surface area contributed by atoms with E-state index in [1.807, 2.05) is 0 Å². The van der Waals surface area contributed by atoms with Gasteiger partial charge in [0.15, 0.2) is 0 Å². The number of rotatable bonds is 3. The Hall–Kier alpha value is -1.02. The van der Waals surface area contributed by atoms with Crippen molar-refractivity contribution in [2.45, 2.75) is 64.0 Å². The molecule has 2 aliphatic rings. The third-order valence-corrected chi connectivity index (χ3v) is 4.91. The van der Waals surface area contributed by atoms with Gasteiger partial charge >= 0.3 is 0 Å². The van der Waals surface area contributed by atoms with Gasteiger partial charge in [-0.2, -0.15) is 0 Å². The zero-order valence-corrected chi connectivity index (χ0v) is 11.9. The van der Waals surface area contributed by atoms with E-state index in [9.17, 15) is 0 Å². The lowest BCUT2D eigenvalue weighted by Gasteiger charge is -2.28. The van der Waals surface area contributed by atoms with Crippen LogP contribution in [0.1, 0.15) is 62.6 Å². The van der Waals surface area contributed by atoms with Gasteiger partial charge in [0.2, 0.25) is 0 Å². The monoisotopic (exact) mass is 259 g/mol. The van der Waals surface area contributed by atoms with E-state index in [-0.39, 0.29) is 6.04 Å². The zero-order valence-electron chi connectivity index (χ0n) is 11.9. The lowest BCUT2D eigenvalue weighted by atomic mass is 9.86. The zero-order chi connectivity index (χ0) is 13.2. The highest BCUT2D eigenvalue weighted by molar-refractivity contribution is 5.40. The standard InChI is InChI=1S/C17H25NO/c1-2-12-3-6-14(7-4-12)19-15-8-9-16-13(11-15)5-10-17(16)18/h8-9,11-12,14,17H,2-7,10,18H2,1H3/t12?,14?,17-/m0/s1. The molecule has 0 amide bonds. The number of benzene rings is 1. The molecule has 1 aromatic carbocycles. The first kappa shape index (κ1) is 13.0. The van der Waals surface area contributed by atoms with Gasteiger partial charge in [-0.25, -0.2) is 0 Å². The summed E-state index contributed by atoms with van der Waals surface area (Å²) in [6.45, 7) is 2.30. The van der Waals surface area contributed by atoms with Crippen LogP contribution in [0.4, 0.5) is 0 Å². The van der Waals surface area contributed by atoms with E-state index in [4.69, 9.17) is 10.5 Å². The molecule has 0 radical (unpaired) electrons. The SMILES string of the molecule is CCC1CCC(Oc2ccc3c(c2)CC[C@@H]3N)CC1. The molecule has 0 heterocycles. The van der Waals surface area contributed by atoms with Gasteiger partial charge in [-0.3, -0.25) is 0 Å². The van der Waals surface area contributed by atoms with Crippen molar-refractivity contribution < 1.29 is 4.74 Å². The van der Waals surface area contributed by atoms with E-state index in [2.05, 4.69) is 25.1 Å². The van der Waals surface area contributed by atoms with Gasteiger partial charge in [-0.15, -0.1) is 0 Å². The number of hydrogen-bond donors (Lipinski definition) is 1. The maximum Gasteiger partial charge on any atom is 0.120 e. The molecule has 19 heavy (non-hydrogen) atoms. The van der Waals surface area contributed by atoms with Gasteiger partial charge < -0.3 is 10.5 Å². The highest BCUT2D eigenvalue weighted by atomic mass is 16.5. The first-order valence-electron chi connectivity index (χ1n) is 7.81. The van der Waals surface area contributed by atoms with E-state index in [0.717, 1.165) is 24.5 Å². The summed E-state index contributed by atoms with van der Waals surface area (Å²) in [6, 6.07) is 6.73. The average Bonchev–Trinajstić information content (AvgIpc) is 2.81. The first-order valence-corrected chi connectivity index (χ1v) is 7.81. The molecular formula is C17H25NO. The fourth-order valence-electron chi connectivity index (χ4n) is 3.55. The predicted octanol–water partition coefficient (Wildman–Crippen LogP) is 3.98. The van der Waals surface area contributed by atoms with Crippen molar-refractivity contribution in [1.82, 2.24) is 0 Å². The molecule has 1 fully saturated rings. The number of hydrogen-bond acceptors (Lipinski definition) is 2. The summed E-state index contributed by atoms with van der Waals surface area (Å²) in [5.41, 5.74) is 8.79.